The molecular weight excluding hydrogens is 342 g/mol. The molecule has 3 aromatic rings. The third kappa shape index (κ3) is 4.06. The molecule has 0 aliphatic heterocycles. The number of amides is 1. The molecule has 142 valence electrons. The molecule has 1 atom stereocenters. The standard InChI is InChI=1S/C21H25N3O3/c1-3-27-19-9-8-14(10-20(19)26-2)16(12-24-21(25)11-22)17-13-23-18-7-5-4-6-15(17)18/h4-10,13,16,23H,3,11-12,22H2,1-2H3,(H,24,25). The second-order valence-corrected chi connectivity index (χ2v) is 6.19. The third-order valence-electron chi connectivity index (χ3n) is 4.58. The first-order chi connectivity index (χ1) is 13.2. The molecule has 2 aromatic carbocycles. The SMILES string of the molecule is CCOc1ccc(C(CNC(=O)CN)c2c[nH]c3ccccc23)cc1OC. The van der Waals surface area contributed by atoms with E-state index in [0.29, 0.717) is 24.7 Å². The number of methoxy groups -OCH3 is 1. The lowest BCUT2D eigenvalue weighted by Gasteiger charge is -2.20. The Balaban J connectivity index is 2.03. The molecule has 1 amide bonds. The van der Waals surface area contributed by atoms with Crippen molar-refractivity contribution in [1.82, 2.24) is 10.3 Å². The average molecular weight is 367 g/mol. The number of hydrogen-bond donors (Lipinski definition) is 3. The van der Waals surface area contributed by atoms with Crippen LogP contribution in [-0.4, -0.2) is 37.7 Å². The van der Waals surface area contributed by atoms with Crippen LogP contribution in [0.25, 0.3) is 10.9 Å². The highest BCUT2D eigenvalue weighted by Gasteiger charge is 2.20. The number of hydrogen-bond acceptors (Lipinski definition) is 4. The van der Waals surface area contributed by atoms with Gasteiger partial charge < -0.3 is 25.5 Å². The van der Waals surface area contributed by atoms with Gasteiger partial charge >= 0.3 is 0 Å². The molecule has 0 aliphatic carbocycles. The van der Waals surface area contributed by atoms with Gasteiger partial charge in [0.25, 0.3) is 0 Å². The van der Waals surface area contributed by atoms with Crippen molar-refractivity contribution in [2.45, 2.75) is 12.8 Å². The van der Waals surface area contributed by atoms with Gasteiger partial charge in [0.05, 0.1) is 20.3 Å². The monoisotopic (exact) mass is 367 g/mol. The minimum Gasteiger partial charge on any atom is -0.493 e. The number of nitrogens with one attached hydrogen (secondary N) is 2. The highest BCUT2D eigenvalue weighted by Crippen LogP contribution is 2.35. The molecule has 0 radical (unpaired) electrons. The topological polar surface area (TPSA) is 89.4 Å². The van der Waals surface area contributed by atoms with Crippen molar-refractivity contribution >= 4 is 16.8 Å². The number of H-pyrrole nitrogens is 1. The molecule has 3 rings (SSSR count). The van der Waals surface area contributed by atoms with Gasteiger partial charge in [0.1, 0.15) is 0 Å². The van der Waals surface area contributed by atoms with Gasteiger partial charge in [-0.3, -0.25) is 4.79 Å². The van der Waals surface area contributed by atoms with Crippen molar-refractivity contribution in [2.75, 3.05) is 26.8 Å². The van der Waals surface area contributed by atoms with Gasteiger partial charge in [-0.1, -0.05) is 24.3 Å². The number of para-hydroxylation sites is 1. The normalized spacial score (nSPS) is 12.0. The van der Waals surface area contributed by atoms with Crippen LogP contribution in [0.2, 0.25) is 0 Å². The van der Waals surface area contributed by atoms with Crippen LogP contribution in [0.4, 0.5) is 0 Å². The maximum Gasteiger partial charge on any atom is 0.233 e. The first-order valence-electron chi connectivity index (χ1n) is 9.01. The molecule has 0 aliphatic rings. The van der Waals surface area contributed by atoms with E-state index in [1.807, 2.05) is 49.5 Å². The zero-order valence-corrected chi connectivity index (χ0v) is 15.6. The molecule has 0 saturated carbocycles. The summed E-state index contributed by atoms with van der Waals surface area (Å²) >= 11 is 0. The summed E-state index contributed by atoms with van der Waals surface area (Å²) in [6.07, 6.45) is 1.99. The molecule has 0 fully saturated rings. The Hall–Kier alpha value is -2.99. The maximum absolute atomic E-state index is 11.8. The van der Waals surface area contributed by atoms with Crippen LogP contribution in [-0.2, 0) is 4.79 Å². The fourth-order valence-corrected chi connectivity index (χ4v) is 3.25. The summed E-state index contributed by atoms with van der Waals surface area (Å²) in [5.74, 6) is 1.13. The molecule has 6 nitrogen and oxygen atoms in total. The summed E-state index contributed by atoms with van der Waals surface area (Å²) in [7, 11) is 1.62. The smallest absolute Gasteiger partial charge is 0.233 e. The summed E-state index contributed by atoms with van der Waals surface area (Å²) in [4.78, 5) is 15.1. The van der Waals surface area contributed by atoms with Crippen LogP contribution in [0.5, 0.6) is 11.5 Å². The van der Waals surface area contributed by atoms with Crippen LogP contribution in [0.15, 0.2) is 48.7 Å². The van der Waals surface area contributed by atoms with Crippen molar-refractivity contribution in [3.63, 3.8) is 0 Å². The summed E-state index contributed by atoms with van der Waals surface area (Å²) in [6, 6.07) is 14.0. The number of aromatic amines is 1. The number of carbonyl (C=O) groups excluding carboxylic acids is 1. The van der Waals surface area contributed by atoms with Crippen LogP contribution in [0, 0.1) is 0 Å². The fraction of sp³-hybridized carbons (Fsp3) is 0.286. The van der Waals surface area contributed by atoms with Crippen molar-refractivity contribution in [3.05, 3.63) is 59.8 Å². The molecule has 1 unspecified atom stereocenters. The van der Waals surface area contributed by atoms with E-state index in [1.54, 1.807) is 7.11 Å². The van der Waals surface area contributed by atoms with Gasteiger partial charge in [-0.05, 0) is 36.2 Å². The predicted molar refractivity (Wildman–Crippen MR) is 106 cm³/mol. The van der Waals surface area contributed by atoms with Crippen LogP contribution in [0.3, 0.4) is 0 Å². The number of ether oxygens (including phenoxy) is 2. The van der Waals surface area contributed by atoms with E-state index in [-0.39, 0.29) is 18.4 Å². The Kier molecular flexibility index (Phi) is 5.98. The Bertz CT molecular complexity index is 920. The first kappa shape index (κ1) is 18.8. The highest BCUT2D eigenvalue weighted by atomic mass is 16.5. The van der Waals surface area contributed by atoms with Gasteiger partial charge in [0, 0.05) is 29.6 Å². The zero-order valence-electron chi connectivity index (χ0n) is 15.6. The van der Waals surface area contributed by atoms with Crippen LogP contribution < -0.4 is 20.5 Å². The Morgan fingerprint density at radius 2 is 2.04 bits per heavy atom. The molecule has 0 bridgehead atoms. The van der Waals surface area contributed by atoms with Gasteiger partial charge in [-0.2, -0.15) is 0 Å². The van der Waals surface area contributed by atoms with E-state index >= 15 is 0 Å². The number of benzene rings is 2. The summed E-state index contributed by atoms with van der Waals surface area (Å²) < 4.78 is 11.1. The van der Waals surface area contributed by atoms with E-state index in [1.165, 1.54) is 0 Å². The van der Waals surface area contributed by atoms with E-state index in [4.69, 9.17) is 15.2 Å². The van der Waals surface area contributed by atoms with Crippen molar-refractivity contribution in [3.8, 4) is 11.5 Å². The Morgan fingerprint density at radius 1 is 1.22 bits per heavy atom. The summed E-state index contributed by atoms with van der Waals surface area (Å²) in [5, 5.41) is 4.03. The number of carbonyl (C=O) groups is 1. The van der Waals surface area contributed by atoms with E-state index in [9.17, 15) is 4.79 Å². The number of fused-ring (bicyclic) bond motifs is 1. The summed E-state index contributed by atoms with van der Waals surface area (Å²) in [6.45, 7) is 2.90. The predicted octanol–water partition coefficient (Wildman–Crippen LogP) is 2.78. The third-order valence-corrected chi connectivity index (χ3v) is 4.58. The molecule has 0 spiro atoms. The molecule has 0 saturated heterocycles. The molecule has 27 heavy (non-hydrogen) atoms. The quantitative estimate of drug-likeness (QED) is 0.571. The van der Waals surface area contributed by atoms with Gasteiger partial charge in [0.2, 0.25) is 5.91 Å². The number of nitrogens with two attached hydrogens (primary N) is 1. The molecular formula is C21H25N3O3. The lowest BCUT2D eigenvalue weighted by atomic mass is 9.90. The second kappa shape index (κ2) is 8.60. The zero-order chi connectivity index (χ0) is 19.2. The van der Waals surface area contributed by atoms with Crippen LogP contribution >= 0.6 is 0 Å². The Labute approximate surface area is 158 Å². The lowest BCUT2D eigenvalue weighted by molar-refractivity contribution is -0.119. The van der Waals surface area contributed by atoms with Crippen molar-refractivity contribution < 1.29 is 14.3 Å². The molecule has 1 aromatic heterocycles. The number of rotatable bonds is 8. The lowest BCUT2D eigenvalue weighted by Crippen LogP contribution is -2.33. The number of aromatic nitrogens is 1. The fourth-order valence-electron chi connectivity index (χ4n) is 3.25. The first-order valence-corrected chi connectivity index (χ1v) is 9.01. The minimum atomic E-state index is -0.183. The van der Waals surface area contributed by atoms with Crippen LogP contribution in [0.1, 0.15) is 24.0 Å². The molecule has 1 heterocycles. The van der Waals surface area contributed by atoms with E-state index < -0.39 is 0 Å². The minimum absolute atomic E-state index is 0.0345. The van der Waals surface area contributed by atoms with E-state index in [0.717, 1.165) is 22.0 Å². The maximum atomic E-state index is 11.8. The van der Waals surface area contributed by atoms with Crippen molar-refractivity contribution in [2.24, 2.45) is 5.73 Å². The Morgan fingerprint density at radius 3 is 2.78 bits per heavy atom. The van der Waals surface area contributed by atoms with E-state index in [2.05, 4.69) is 16.4 Å². The second-order valence-electron chi connectivity index (χ2n) is 6.19. The molecule has 6 heteroatoms. The van der Waals surface area contributed by atoms with Crippen molar-refractivity contribution in [1.29, 1.82) is 0 Å². The van der Waals surface area contributed by atoms with Gasteiger partial charge in [0.15, 0.2) is 11.5 Å². The van der Waals surface area contributed by atoms with Gasteiger partial charge in [-0.15, -0.1) is 0 Å². The van der Waals surface area contributed by atoms with Gasteiger partial charge in [-0.25, -0.2) is 0 Å². The highest BCUT2D eigenvalue weighted by molar-refractivity contribution is 5.84. The average Bonchev–Trinajstić information content (AvgIpc) is 3.13. The molecule has 4 N–H and O–H groups in total. The summed E-state index contributed by atoms with van der Waals surface area (Å²) in [5.41, 5.74) is 8.64. The largest absolute Gasteiger partial charge is 0.493 e.